The van der Waals surface area contributed by atoms with E-state index in [1.807, 2.05) is 61.6 Å². The number of nitrogens with one attached hydrogen (secondary N) is 1. The van der Waals surface area contributed by atoms with Gasteiger partial charge in [-0.3, -0.25) is 4.79 Å². The highest BCUT2D eigenvalue weighted by molar-refractivity contribution is 5.87. The zero-order chi connectivity index (χ0) is 20.2. The maximum absolute atomic E-state index is 11.7. The monoisotopic (exact) mass is 371 g/mol. The van der Waals surface area contributed by atoms with E-state index in [-0.39, 0.29) is 12.5 Å². The van der Waals surface area contributed by atoms with Gasteiger partial charge < -0.3 is 10.4 Å². The van der Waals surface area contributed by atoms with E-state index in [9.17, 15) is 9.90 Å². The van der Waals surface area contributed by atoms with Crippen LogP contribution < -0.4 is 5.32 Å². The van der Waals surface area contributed by atoms with Crippen LogP contribution in [0.5, 0.6) is 0 Å². The number of hydrogen-bond acceptors (Lipinski definition) is 2. The number of allylic oxidation sites excluding steroid dienone is 11. The Labute approximate surface area is 166 Å². The van der Waals surface area contributed by atoms with Crippen molar-refractivity contribution in [3.05, 3.63) is 72.9 Å². The zero-order valence-electron chi connectivity index (χ0n) is 17.2. The maximum Gasteiger partial charge on any atom is 0.244 e. The number of carbonyl (C=O) groups is 1. The molecule has 0 saturated heterocycles. The molecular formula is C24H37NO2. The van der Waals surface area contributed by atoms with Crippen LogP contribution >= 0.6 is 0 Å². The smallest absolute Gasteiger partial charge is 0.244 e. The number of carbonyl (C=O) groups excluding carboxylic acids is 1. The Kier molecular flexibility index (Phi) is 15.9. The van der Waals surface area contributed by atoms with E-state index in [1.54, 1.807) is 13.0 Å². The molecule has 0 rings (SSSR count). The van der Waals surface area contributed by atoms with Gasteiger partial charge in [-0.15, -0.1) is 0 Å². The van der Waals surface area contributed by atoms with Gasteiger partial charge in [-0.05, 0) is 33.1 Å². The van der Waals surface area contributed by atoms with Crippen LogP contribution in [0, 0.1) is 0 Å². The van der Waals surface area contributed by atoms with E-state index in [0.29, 0.717) is 6.42 Å². The lowest BCUT2D eigenvalue weighted by molar-refractivity contribution is -0.117. The molecule has 0 radical (unpaired) electrons. The fourth-order valence-electron chi connectivity index (χ4n) is 2.23. The second kappa shape index (κ2) is 17.3. The van der Waals surface area contributed by atoms with E-state index in [0.717, 1.165) is 32.1 Å². The van der Waals surface area contributed by atoms with Gasteiger partial charge >= 0.3 is 0 Å². The Morgan fingerprint density at radius 2 is 1.52 bits per heavy atom. The molecule has 0 aromatic carbocycles. The van der Waals surface area contributed by atoms with Crippen LogP contribution in [0.4, 0.5) is 0 Å². The molecule has 0 aliphatic carbocycles. The third-order valence-corrected chi connectivity index (χ3v) is 3.84. The summed E-state index contributed by atoms with van der Waals surface area (Å²) in [7, 11) is 0. The summed E-state index contributed by atoms with van der Waals surface area (Å²) in [6, 6.07) is 0. The first-order chi connectivity index (χ1) is 13.0. The first-order valence-electron chi connectivity index (χ1n) is 9.96. The van der Waals surface area contributed by atoms with Crippen molar-refractivity contribution in [1.29, 1.82) is 0 Å². The molecule has 0 aromatic heterocycles. The molecule has 27 heavy (non-hydrogen) atoms. The Morgan fingerprint density at radius 3 is 2.15 bits per heavy atom. The fourth-order valence-corrected chi connectivity index (χ4v) is 2.23. The van der Waals surface area contributed by atoms with E-state index in [1.165, 1.54) is 6.08 Å². The lowest BCUT2D eigenvalue weighted by Crippen LogP contribution is -2.40. The molecule has 0 bridgehead atoms. The van der Waals surface area contributed by atoms with Gasteiger partial charge in [0.2, 0.25) is 5.91 Å². The minimum Gasteiger partial charge on any atom is -0.388 e. The van der Waals surface area contributed by atoms with Gasteiger partial charge in [0.15, 0.2) is 0 Å². The first-order valence-corrected chi connectivity index (χ1v) is 9.96. The van der Waals surface area contributed by atoms with Crippen molar-refractivity contribution < 1.29 is 9.90 Å². The molecule has 0 spiro atoms. The maximum atomic E-state index is 11.7. The normalized spacial score (nSPS) is 15.3. The summed E-state index contributed by atoms with van der Waals surface area (Å²) in [5, 5.41) is 13.0. The standard InChI is InChI=1S/C24H37NO2/c1-4-6-8-9-10-11-12-13-14-15-16-17-18-20-23(26)25-22-24(3,27)21-19-7-5-2/h4,6,8-13,16-18,20,27H,5,7,14-15,19,21-22H2,1-3H3,(H,25,26). The Morgan fingerprint density at radius 1 is 0.926 bits per heavy atom. The summed E-state index contributed by atoms with van der Waals surface area (Å²) < 4.78 is 0. The second-order valence-electron chi connectivity index (χ2n) is 6.76. The van der Waals surface area contributed by atoms with Gasteiger partial charge in [-0.25, -0.2) is 0 Å². The molecule has 0 aliphatic heterocycles. The molecule has 0 saturated carbocycles. The van der Waals surface area contributed by atoms with Gasteiger partial charge in [0, 0.05) is 12.6 Å². The van der Waals surface area contributed by atoms with Crippen molar-refractivity contribution in [2.45, 2.75) is 64.9 Å². The number of unbranched alkanes of at least 4 members (excludes halogenated alkanes) is 3. The van der Waals surface area contributed by atoms with Crippen molar-refractivity contribution in [2.24, 2.45) is 0 Å². The van der Waals surface area contributed by atoms with Gasteiger partial charge in [0.05, 0.1) is 5.60 Å². The molecule has 2 N–H and O–H groups in total. The molecule has 0 heterocycles. The average molecular weight is 372 g/mol. The number of amides is 1. The van der Waals surface area contributed by atoms with Crippen LogP contribution in [-0.2, 0) is 4.79 Å². The van der Waals surface area contributed by atoms with Crippen molar-refractivity contribution in [1.82, 2.24) is 5.32 Å². The van der Waals surface area contributed by atoms with Crippen LogP contribution in [0.15, 0.2) is 72.9 Å². The number of hydrogen-bond donors (Lipinski definition) is 2. The van der Waals surface area contributed by atoms with Gasteiger partial charge in [0.25, 0.3) is 0 Å². The Hall–Kier alpha value is -2.13. The van der Waals surface area contributed by atoms with Crippen LogP contribution in [-0.4, -0.2) is 23.2 Å². The zero-order valence-corrected chi connectivity index (χ0v) is 17.2. The summed E-state index contributed by atoms with van der Waals surface area (Å²) in [6.07, 6.45) is 29.0. The molecular weight excluding hydrogens is 334 g/mol. The minimum absolute atomic E-state index is 0.175. The molecule has 1 amide bonds. The highest BCUT2D eigenvalue weighted by Crippen LogP contribution is 2.13. The molecule has 150 valence electrons. The predicted octanol–water partition coefficient (Wildman–Crippen LogP) is 5.57. The largest absolute Gasteiger partial charge is 0.388 e. The topological polar surface area (TPSA) is 49.3 Å². The van der Waals surface area contributed by atoms with Crippen molar-refractivity contribution in [3.63, 3.8) is 0 Å². The van der Waals surface area contributed by atoms with Crippen LogP contribution in [0.1, 0.15) is 59.3 Å². The number of aliphatic hydroxyl groups is 1. The second-order valence-corrected chi connectivity index (χ2v) is 6.76. The Balaban J connectivity index is 3.89. The summed E-state index contributed by atoms with van der Waals surface area (Å²) in [6.45, 7) is 6.18. The molecule has 0 aliphatic rings. The SMILES string of the molecule is CC=CC=CC=CC=CCCC=CC=CC(=O)NCC(C)(O)CCCCC. The number of rotatable bonds is 14. The van der Waals surface area contributed by atoms with Crippen molar-refractivity contribution in [3.8, 4) is 0 Å². The molecule has 1 unspecified atom stereocenters. The van der Waals surface area contributed by atoms with Crippen LogP contribution in [0.3, 0.4) is 0 Å². The fraction of sp³-hybridized carbons (Fsp3) is 0.458. The van der Waals surface area contributed by atoms with Crippen LogP contribution in [0.2, 0.25) is 0 Å². The molecule has 3 heteroatoms. The highest BCUT2D eigenvalue weighted by atomic mass is 16.3. The molecule has 1 atom stereocenters. The quantitative estimate of drug-likeness (QED) is 0.238. The average Bonchev–Trinajstić information content (AvgIpc) is 2.64. The van der Waals surface area contributed by atoms with Crippen LogP contribution in [0.25, 0.3) is 0 Å². The van der Waals surface area contributed by atoms with E-state index >= 15 is 0 Å². The van der Waals surface area contributed by atoms with Crippen molar-refractivity contribution >= 4 is 5.91 Å². The summed E-state index contributed by atoms with van der Waals surface area (Å²) in [5.74, 6) is -0.175. The lowest BCUT2D eigenvalue weighted by Gasteiger charge is -2.23. The first kappa shape index (κ1) is 24.9. The third kappa shape index (κ3) is 18.5. The Bertz CT molecular complexity index is 549. The van der Waals surface area contributed by atoms with E-state index in [2.05, 4.69) is 18.3 Å². The lowest BCUT2D eigenvalue weighted by atomic mass is 9.98. The minimum atomic E-state index is -0.836. The van der Waals surface area contributed by atoms with Gasteiger partial charge in [-0.2, -0.15) is 0 Å². The van der Waals surface area contributed by atoms with Gasteiger partial charge in [0.1, 0.15) is 0 Å². The van der Waals surface area contributed by atoms with Crippen molar-refractivity contribution in [2.75, 3.05) is 6.54 Å². The van der Waals surface area contributed by atoms with E-state index < -0.39 is 5.60 Å². The van der Waals surface area contributed by atoms with E-state index in [4.69, 9.17) is 0 Å². The van der Waals surface area contributed by atoms with Gasteiger partial charge in [-0.1, -0.05) is 93.0 Å². The molecule has 3 nitrogen and oxygen atoms in total. The molecule has 0 fully saturated rings. The summed E-state index contributed by atoms with van der Waals surface area (Å²) in [4.78, 5) is 11.7. The predicted molar refractivity (Wildman–Crippen MR) is 118 cm³/mol. The third-order valence-electron chi connectivity index (χ3n) is 3.84. The highest BCUT2D eigenvalue weighted by Gasteiger charge is 2.19. The molecule has 0 aromatic rings. The summed E-state index contributed by atoms with van der Waals surface area (Å²) >= 11 is 0. The summed E-state index contributed by atoms with van der Waals surface area (Å²) in [5.41, 5.74) is -0.836.